The predicted molar refractivity (Wildman–Crippen MR) is 55.6 cm³/mol. The summed E-state index contributed by atoms with van der Waals surface area (Å²) in [6.07, 6.45) is 7.10. The second-order valence-corrected chi connectivity index (χ2v) is 3.26. The van der Waals surface area contributed by atoms with E-state index < -0.39 is 0 Å². The number of hydrogen-bond acceptors (Lipinski definition) is 3. The van der Waals surface area contributed by atoms with Crippen LogP contribution in [0.15, 0.2) is 24.8 Å². The standard InChI is InChI=1S/C10H12N4/c1-7-8(5-12-6-9(7)11)10-13-3-4-14(10)2/h3-6H,11H2,1-2H3. The monoisotopic (exact) mass is 188 g/mol. The molecule has 0 fully saturated rings. The maximum Gasteiger partial charge on any atom is 0.141 e. The van der Waals surface area contributed by atoms with Gasteiger partial charge in [0, 0.05) is 31.2 Å². The molecule has 0 amide bonds. The van der Waals surface area contributed by atoms with Gasteiger partial charge in [0.1, 0.15) is 5.82 Å². The Kier molecular flexibility index (Phi) is 1.96. The van der Waals surface area contributed by atoms with Crippen molar-refractivity contribution < 1.29 is 0 Å². The maximum absolute atomic E-state index is 5.78. The number of aromatic nitrogens is 3. The van der Waals surface area contributed by atoms with E-state index >= 15 is 0 Å². The number of nitrogens with zero attached hydrogens (tertiary/aromatic N) is 3. The molecule has 2 N–H and O–H groups in total. The van der Waals surface area contributed by atoms with Crippen LogP contribution < -0.4 is 5.73 Å². The van der Waals surface area contributed by atoms with E-state index in [0.717, 1.165) is 17.0 Å². The van der Waals surface area contributed by atoms with Gasteiger partial charge in [-0.15, -0.1) is 0 Å². The smallest absolute Gasteiger partial charge is 0.141 e. The van der Waals surface area contributed by atoms with Crippen LogP contribution in [-0.4, -0.2) is 14.5 Å². The van der Waals surface area contributed by atoms with Gasteiger partial charge in [-0.25, -0.2) is 4.98 Å². The molecule has 72 valence electrons. The molecule has 2 aromatic heterocycles. The first-order chi connectivity index (χ1) is 6.70. The predicted octanol–water partition coefficient (Wildman–Crippen LogP) is 1.37. The quantitative estimate of drug-likeness (QED) is 0.735. The fourth-order valence-corrected chi connectivity index (χ4v) is 1.39. The van der Waals surface area contributed by atoms with Crippen LogP contribution in [0, 0.1) is 6.92 Å². The van der Waals surface area contributed by atoms with Crippen LogP contribution in [0.1, 0.15) is 5.56 Å². The molecule has 0 atom stereocenters. The van der Waals surface area contributed by atoms with Crippen LogP contribution in [0.25, 0.3) is 11.4 Å². The first kappa shape index (κ1) is 8.74. The summed E-state index contributed by atoms with van der Waals surface area (Å²) >= 11 is 0. The minimum Gasteiger partial charge on any atom is -0.397 e. The van der Waals surface area contributed by atoms with Gasteiger partial charge in [0.15, 0.2) is 0 Å². The molecule has 0 aliphatic carbocycles. The van der Waals surface area contributed by atoms with E-state index in [4.69, 9.17) is 5.73 Å². The molecule has 0 aliphatic heterocycles. The Bertz CT molecular complexity index is 459. The van der Waals surface area contributed by atoms with Gasteiger partial charge in [-0.2, -0.15) is 0 Å². The van der Waals surface area contributed by atoms with Gasteiger partial charge < -0.3 is 10.3 Å². The van der Waals surface area contributed by atoms with Crippen LogP contribution in [-0.2, 0) is 7.05 Å². The molecule has 0 unspecified atom stereocenters. The highest BCUT2D eigenvalue weighted by atomic mass is 15.0. The highest BCUT2D eigenvalue weighted by Crippen LogP contribution is 2.23. The molecule has 0 aromatic carbocycles. The number of rotatable bonds is 1. The Morgan fingerprint density at radius 1 is 1.36 bits per heavy atom. The van der Waals surface area contributed by atoms with E-state index in [2.05, 4.69) is 9.97 Å². The molecule has 2 aromatic rings. The Hall–Kier alpha value is -1.84. The zero-order valence-electron chi connectivity index (χ0n) is 8.23. The van der Waals surface area contributed by atoms with Crippen molar-refractivity contribution in [3.05, 3.63) is 30.4 Å². The SMILES string of the molecule is Cc1c(N)cncc1-c1nccn1C. The van der Waals surface area contributed by atoms with E-state index in [0.29, 0.717) is 5.69 Å². The van der Waals surface area contributed by atoms with Crippen molar-refractivity contribution in [3.8, 4) is 11.4 Å². The van der Waals surface area contributed by atoms with E-state index in [9.17, 15) is 0 Å². The van der Waals surface area contributed by atoms with Gasteiger partial charge in [-0.05, 0) is 12.5 Å². The first-order valence-electron chi connectivity index (χ1n) is 4.38. The van der Waals surface area contributed by atoms with Crippen LogP contribution in [0.5, 0.6) is 0 Å². The summed E-state index contributed by atoms with van der Waals surface area (Å²) in [4.78, 5) is 8.32. The van der Waals surface area contributed by atoms with Crippen molar-refractivity contribution in [2.45, 2.75) is 6.92 Å². The molecular weight excluding hydrogens is 176 g/mol. The largest absolute Gasteiger partial charge is 0.397 e. The number of hydrogen-bond donors (Lipinski definition) is 1. The zero-order chi connectivity index (χ0) is 10.1. The third kappa shape index (κ3) is 1.25. The number of pyridine rings is 1. The van der Waals surface area contributed by atoms with Crippen molar-refractivity contribution in [2.24, 2.45) is 7.05 Å². The lowest BCUT2D eigenvalue weighted by Gasteiger charge is -2.06. The lowest BCUT2D eigenvalue weighted by atomic mass is 10.1. The van der Waals surface area contributed by atoms with E-state index in [1.807, 2.05) is 24.7 Å². The van der Waals surface area contributed by atoms with Crippen LogP contribution in [0.3, 0.4) is 0 Å². The van der Waals surface area contributed by atoms with Crippen molar-refractivity contribution >= 4 is 5.69 Å². The van der Waals surface area contributed by atoms with Crippen LogP contribution in [0.2, 0.25) is 0 Å². The minimum atomic E-state index is 0.700. The van der Waals surface area contributed by atoms with Crippen molar-refractivity contribution in [2.75, 3.05) is 5.73 Å². The highest BCUT2D eigenvalue weighted by molar-refractivity contribution is 5.66. The molecule has 0 aliphatic rings. The molecule has 0 saturated carbocycles. The molecular formula is C10H12N4. The van der Waals surface area contributed by atoms with Crippen molar-refractivity contribution in [1.82, 2.24) is 14.5 Å². The summed E-state index contributed by atoms with van der Waals surface area (Å²) in [7, 11) is 1.95. The molecule has 4 nitrogen and oxygen atoms in total. The minimum absolute atomic E-state index is 0.700. The van der Waals surface area contributed by atoms with Gasteiger partial charge in [-0.1, -0.05) is 0 Å². The Morgan fingerprint density at radius 3 is 2.79 bits per heavy atom. The third-order valence-corrected chi connectivity index (χ3v) is 2.32. The molecule has 2 heterocycles. The number of imidazole rings is 1. The summed E-state index contributed by atoms with van der Waals surface area (Å²) in [5.74, 6) is 0.891. The average Bonchev–Trinajstić information content (AvgIpc) is 2.57. The molecule has 0 radical (unpaired) electrons. The van der Waals surface area contributed by atoms with E-state index in [-0.39, 0.29) is 0 Å². The number of nitrogen functional groups attached to an aromatic ring is 1. The first-order valence-corrected chi connectivity index (χ1v) is 4.38. The average molecular weight is 188 g/mol. The van der Waals surface area contributed by atoms with Gasteiger partial charge >= 0.3 is 0 Å². The zero-order valence-corrected chi connectivity index (χ0v) is 8.23. The summed E-state index contributed by atoms with van der Waals surface area (Å²) in [6, 6.07) is 0. The lowest BCUT2D eigenvalue weighted by molar-refractivity contribution is 0.922. The van der Waals surface area contributed by atoms with E-state index in [1.54, 1.807) is 18.6 Å². The van der Waals surface area contributed by atoms with E-state index in [1.165, 1.54) is 0 Å². The Balaban J connectivity index is 2.63. The summed E-state index contributed by atoms with van der Waals surface area (Å²) < 4.78 is 1.95. The van der Waals surface area contributed by atoms with Crippen LogP contribution >= 0.6 is 0 Å². The summed E-state index contributed by atoms with van der Waals surface area (Å²) in [6.45, 7) is 1.97. The van der Waals surface area contributed by atoms with Gasteiger partial charge in [-0.3, -0.25) is 4.98 Å². The second kappa shape index (κ2) is 3.14. The lowest BCUT2D eigenvalue weighted by Crippen LogP contribution is -1.98. The van der Waals surface area contributed by atoms with Gasteiger partial charge in [0.25, 0.3) is 0 Å². The molecule has 2 rings (SSSR count). The summed E-state index contributed by atoms with van der Waals surface area (Å²) in [5, 5.41) is 0. The normalized spacial score (nSPS) is 10.4. The van der Waals surface area contributed by atoms with Gasteiger partial charge in [0.2, 0.25) is 0 Å². The van der Waals surface area contributed by atoms with Crippen LogP contribution in [0.4, 0.5) is 5.69 Å². The number of anilines is 1. The maximum atomic E-state index is 5.78. The van der Waals surface area contributed by atoms with Gasteiger partial charge in [0.05, 0.1) is 11.9 Å². The molecule has 0 spiro atoms. The van der Waals surface area contributed by atoms with Crippen molar-refractivity contribution in [1.29, 1.82) is 0 Å². The fraction of sp³-hybridized carbons (Fsp3) is 0.200. The highest BCUT2D eigenvalue weighted by Gasteiger charge is 2.08. The Morgan fingerprint density at radius 2 is 2.14 bits per heavy atom. The molecule has 0 saturated heterocycles. The van der Waals surface area contributed by atoms with Crippen molar-refractivity contribution in [3.63, 3.8) is 0 Å². The molecule has 0 bridgehead atoms. The molecule has 4 heteroatoms. The number of aryl methyl sites for hydroxylation is 1. The molecule has 14 heavy (non-hydrogen) atoms. The second-order valence-electron chi connectivity index (χ2n) is 3.26. The summed E-state index contributed by atoms with van der Waals surface area (Å²) in [5.41, 5.74) is 8.48. The third-order valence-electron chi connectivity index (χ3n) is 2.32. The number of nitrogens with two attached hydrogens (primary N) is 1. The topological polar surface area (TPSA) is 56.7 Å². The Labute approximate surface area is 82.4 Å². The fourth-order valence-electron chi connectivity index (χ4n) is 1.39.